The van der Waals surface area contributed by atoms with Crippen molar-refractivity contribution in [2.24, 2.45) is 11.8 Å². The number of nitrogens with one attached hydrogen (secondary N) is 1. The number of hydrogen-bond acceptors (Lipinski definition) is 6. The van der Waals surface area contributed by atoms with Crippen LogP contribution in [0.3, 0.4) is 0 Å². The Labute approximate surface area is 128 Å². The van der Waals surface area contributed by atoms with Crippen LogP contribution in [0.25, 0.3) is 0 Å². The van der Waals surface area contributed by atoms with Gasteiger partial charge in [0.15, 0.2) is 5.78 Å². The third-order valence-corrected chi connectivity index (χ3v) is 6.42. The van der Waals surface area contributed by atoms with E-state index >= 15 is 0 Å². The number of Topliss-reactive ketones (excluding diaryl/α,β-unsaturated/α-hetero) is 1. The molecule has 120 valence electrons. The largest absolute Gasteiger partial charge is 0.293 e. The predicted molar refractivity (Wildman–Crippen MR) is 76.3 cm³/mol. The van der Waals surface area contributed by atoms with E-state index in [9.17, 15) is 18.0 Å². The maximum absolute atomic E-state index is 12.3. The van der Waals surface area contributed by atoms with E-state index in [1.165, 1.54) is 13.1 Å². The van der Waals surface area contributed by atoms with Crippen LogP contribution in [-0.2, 0) is 21.4 Å². The van der Waals surface area contributed by atoms with Gasteiger partial charge in [0.1, 0.15) is 12.2 Å². The molecule has 3 rings (SSSR count). The molecule has 1 heterocycles. The minimum Gasteiger partial charge on any atom is -0.293 e. The maximum Gasteiger partial charge on any atom is 0.255 e. The summed E-state index contributed by atoms with van der Waals surface area (Å²) in [5, 5.41) is 6.78. The standard InChI is InChI=1S/C13H18N4O4S/c1-8(18)11-6-17(16-14-11)7-13(19)15-22(20,21)12-5-9-2-3-10(12)4-9/h6,9-10,12H,2-5,7H2,1H3,(H,15,19)/t9-,10+,12?/m1/s1. The summed E-state index contributed by atoms with van der Waals surface area (Å²) in [5.74, 6) is -0.273. The Morgan fingerprint density at radius 1 is 1.36 bits per heavy atom. The quantitative estimate of drug-likeness (QED) is 0.769. The molecule has 0 aliphatic heterocycles. The number of hydrogen-bond donors (Lipinski definition) is 1. The van der Waals surface area contributed by atoms with Crippen LogP contribution in [0.4, 0.5) is 0 Å². The van der Waals surface area contributed by atoms with Gasteiger partial charge >= 0.3 is 0 Å². The van der Waals surface area contributed by atoms with Crippen molar-refractivity contribution < 1.29 is 18.0 Å². The van der Waals surface area contributed by atoms with Crippen molar-refractivity contribution in [3.05, 3.63) is 11.9 Å². The summed E-state index contributed by atoms with van der Waals surface area (Å²) in [4.78, 5) is 23.0. The Bertz CT molecular complexity index is 711. The van der Waals surface area contributed by atoms with Crippen LogP contribution in [0, 0.1) is 11.8 Å². The normalized spacial score (nSPS) is 27.0. The second kappa shape index (κ2) is 5.45. The summed E-state index contributed by atoms with van der Waals surface area (Å²) < 4.78 is 27.9. The van der Waals surface area contributed by atoms with Crippen LogP contribution in [-0.4, -0.2) is 40.4 Å². The van der Waals surface area contributed by atoms with Gasteiger partial charge in [0.05, 0.1) is 11.4 Å². The molecular weight excluding hydrogens is 308 g/mol. The lowest BCUT2D eigenvalue weighted by atomic mass is 10.0. The molecule has 22 heavy (non-hydrogen) atoms. The number of rotatable bonds is 5. The monoisotopic (exact) mass is 326 g/mol. The highest BCUT2D eigenvalue weighted by molar-refractivity contribution is 7.90. The second-order valence-corrected chi connectivity index (χ2v) is 8.04. The van der Waals surface area contributed by atoms with Crippen LogP contribution in [0.15, 0.2) is 6.20 Å². The average molecular weight is 326 g/mol. The van der Waals surface area contributed by atoms with Gasteiger partial charge < -0.3 is 0 Å². The van der Waals surface area contributed by atoms with Crippen LogP contribution < -0.4 is 4.72 Å². The fourth-order valence-corrected chi connectivity index (χ4v) is 5.33. The summed E-state index contributed by atoms with van der Waals surface area (Å²) in [6.45, 7) is 1.06. The zero-order valence-corrected chi connectivity index (χ0v) is 13.0. The number of amides is 1. The molecule has 1 aromatic heterocycles. The molecule has 1 amide bonds. The van der Waals surface area contributed by atoms with Gasteiger partial charge in [-0.05, 0) is 31.1 Å². The molecule has 0 spiro atoms. The summed E-state index contributed by atoms with van der Waals surface area (Å²) in [5.41, 5.74) is 0.142. The zero-order valence-electron chi connectivity index (χ0n) is 12.2. The van der Waals surface area contributed by atoms with Crippen LogP contribution in [0.2, 0.25) is 0 Å². The van der Waals surface area contributed by atoms with E-state index in [4.69, 9.17) is 0 Å². The Hall–Kier alpha value is -1.77. The van der Waals surface area contributed by atoms with Gasteiger partial charge in [-0.15, -0.1) is 5.10 Å². The molecule has 2 saturated carbocycles. The summed E-state index contributed by atoms with van der Waals surface area (Å²) in [7, 11) is -3.65. The number of ketones is 1. The van der Waals surface area contributed by atoms with Gasteiger partial charge in [0.25, 0.3) is 5.91 Å². The Morgan fingerprint density at radius 2 is 2.14 bits per heavy atom. The highest BCUT2D eigenvalue weighted by Gasteiger charge is 2.46. The predicted octanol–water partition coefficient (Wildman–Crippen LogP) is 0.115. The number of aromatic nitrogens is 3. The van der Waals surface area contributed by atoms with Crippen molar-refractivity contribution in [3.8, 4) is 0 Å². The van der Waals surface area contributed by atoms with Gasteiger partial charge in [-0.25, -0.2) is 13.1 Å². The van der Waals surface area contributed by atoms with E-state index in [1.807, 2.05) is 0 Å². The molecule has 2 aliphatic rings. The minimum absolute atomic E-state index is 0.142. The molecule has 0 radical (unpaired) electrons. The SMILES string of the molecule is CC(=O)c1cn(CC(=O)NS(=O)(=O)C2C[C@@H]3CC[C@H]2C3)nn1. The zero-order chi connectivity index (χ0) is 15.9. The number of carbonyl (C=O) groups is 2. The molecule has 2 aliphatic carbocycles. The van der Waals surface area contributed by atoms with Crippen molar-refractivity contribution in [2.45, 2.75) is 44.4 Å². The second-order valence-electron chi connectivity index (χ2n) is 6.14. The fourth-order valence-electron chi connectivity index (χ4n) is 3.52. The summed E-state index contributed by atoms with van der Waals surface area (Å²) >= 11 is 0. The lowest BCUT2D eigenvalue weighted by molar-refractivity contribution is -0.120. The first-order chi connectivity index (χ1) is 10.3. The molecular formula is C13H18N4O4S. The van der Waals surface area contributed by atoms with E-state index in [2.05, 4.69) is 15.0 Å². The fraction of sp³-hybridized carbons (Fsp3) is 0.692. The van der Waals surface area contributed by atoms with Gasteiger partial charge in [0, 0.05) is 6.92 Å². The molecule has 0 aromatic carbocycles. The molecule has 3 atom stereocenters. The topological polar surface area (TPSA) is 111 Å². The highest BCUT2D eigenvalue weighted by atomic mass is 32.2. The maximum atomic E-state index is 12.3. The van der Waals surface area contributed by atoms with Crippen LogP contribution in [0.1, 0.15) is 43.1 Å². The van der Waals surface area contributed by atoms with Crippen LogP contribution >= 0.6 is 0 Å². The van der Waals surface area contributed by atoms with Crippen molar-refractivity contribution in [3.63, 3.8) is 0 Å². The number of fused-ring (bicyclic) bond motifs is 2. The number of nitrogens with zero attached hydrogens (tertiary/aromatic N) is 3. The molecule has 2 fully saturated rings. The highest BCUT2D eigenvalue weighted by Crippen LogP contribution is 2.47. The molecule has 9 heteroatoms. The number of carbonyl (C=O) groups excluding carboxylic acids is 2. The van der Waals surface area contributed by atoms with Crippen molar-refractivity contribution in [1.29, 1.82) is 0 Å². The Balaban J connectivity index is 1.62. The third-order valence-electron chi connectivity index (χ3n) is 4.53. The van der Waals surface area contributed by atoms with Crippen LogP contribution in [0.5, 0.6) is 0 Å². The van der Waals surface area contributed by atoms with Gasteiger partial charge in [0.2, 0.25) is 10.0 Å². The summed E-state index contributed by atoms with van der Waals surface area (Å²) in [6, 6.07) is 0. The van der Waals surface area contributed by atoms with E-state index in [1.54, 1.807) is 0 Å². The van der Waals surface area contributed by atoms with E-state index < -0.39 is 21.2 Å². The van der Waals surface area contributed by atoms with Gasteiger partial charge in [-0.1, -0.05) is 11.6 Å². The molecule has 2 bridgehead atoms. The number of sulfonamides is 1. The Kier molecular flexibility index (Phi) is 3.75. The smallest absolute Gasteiger partial charge is 0.255 e. The molecule has 1 unspecified atom stereocenters. The van der Waals surface area contributed by atoms with Gasteiger partial charge in [-0.2, -0.15) is 0 Å². The lowest BCUT2D eigenvalue weighted by Crippen LogP contribution is -2.42. The van der Waals surface area contributed by atoms with Crippen molar-refractivity contribution in [1.82, 2.24) is 19.7 Å². The molecule has 8 nitrogen and oxygen atoms in total. The van der Waals surface area contributed by atoms with E-state index in [0.717, 1.165) is 23.9 Å². The van der Waals surface area contributed by atoms with E-state index in [-0.39, 0.29) is 23.9 Å². The first-order valence-electron chi connectivity index (χ1n) is 7.30. The molecule has 0 saturated heterocycles. The average Bonchev–Trinajstić information content (AvgIpc) is 3.13. The Morgan fingerprint density at radius 3 is 2.68 bits per heavy atom. The van der Waals surface area contributed by atoms with Crippen molar-refractivity contribution in [2.75, 3.05) is 0 Å². The molecule has 1 N–H and O–H groups in total. The van der Waals surface area contributed by atoms with Gasteiger partial charge in [-0.3, -0.25) is 14.3 Å². The molecule has 1 aromatic rings. The third kappa shape index (κ3) is 2.90. The lowest BCUT2D eigenvalue weighted by Gasteiger charge is -2.21. The van der Waals surface area contributed by atoms with E-state index in [0.29, 0.717) is 12.3 Å². The first-order valence-corrected chi connectivity index (χ1v) is 8.85. The van der Waals surface area contributed by atoms with Crippen molar-refractivity contribution >= 4 is 21.7 Å². The first kappa shape index (κ1) is 15.1. The minimum atomic E-state index is -3.65. The summed E-state index contributed by atoms with van der Waals surface area (Å²) in [6.07, 6.45) is 4.94.